The maximum Gasteiger partial charge on any atom is 0.294 e. The van der Waals surface area contributed by atoms with Gasteiger partial charge in [0.2, 0.25) is 5.91 Å². The molecular weight excluding hydrogens is 433 g/mol. The van der Waals surface area contributed by atoms with Crippen molar-refractivity contribution in [1.29, 1.82) is 0 Å². The largest absolute Gasteiger partial charge is 0.497 e. The number of hydrogen-bond donors (Lipinski definition) is 1. The van der Waals surface area contributed by atoms with Crippen LogP contribution in [-0.4, -0.2) is 40.2 Å². The zero-order valence-electron chi connectivity index (χ0n) is 16.9. The molecule has 1 aliphatic heterocycles. The van der Waals surface area contributed by atoms with E-state index in [0.29, 0.717) is 5.69 Å². The van der Waals surface area contributed by atoms with Crippen molar-refractivity contribution in [2.45, 2.75) is 0 Å². The van der Waals surface area contributed by atoms with E-state index in [1.165, 1.54) is 18.2 Å². The Labute approximate surface area is 187 Å². The molecule has 0 spiro atoms. The molecule has 1 saturated heterocycles. The van der Waals surface area contributed by atoms with E-state index in [4.69, 9.17) is 4.74 Å². The molecule has 4 rings (SSSR count). The molecule has 1 aromatic heterocycles. The lowest BCUT2D eigenvalue weighted by molar-refractivity contribution is -0.127. The van der Waals surface area contributed by atoms with E-state index in [-0.39, 0.29) is 10.6 Å². The van der Waals surface area contributed by atoms with Crippen LogP contribution in [0.5, 0.6) is 5.75 Å². The van der Waals surface area contributed by atoms with E-state index in [2.05, 4.69) is 5.32 Å². The first-order chi connectivity index (χ1) is 15.5. The molecule has 1 aliphatic rings. The molecule has 32 heavy (non-hydrogen) atoms. The number of para-hydroxylation sites is 1. The number of nitrogens with zero attached hydrogens (tertiary/aromatic N) is 2. The van der Waals surface area contributed by atoms with Crippen molar-refractivity contribution in [2.75, 3.05) is 19.0 Å². The van der Waals surface area contributed by atoms with E-state index < -0.39 is 29.4 Å². The van der Waals surface area contributed by atoms with Crippen LogP contribution in [0.1, 0.15) is 5.69 Å². The highest BCUT2D eigenvalue weighted by molar-refractivity contribution is 8.18. The highest BCUT2D eigenvalue weighted by Gasteiger charge is 2.36. The van der Waals surface area contributed by atoms with E-state index in [1.807, 2.05) is 47.2 Å². The maximum atomic E-state index is 13.7. The van der Waals surface area contributed by atoms with Crippen molar-refractivity contribution < 1.29 is 23.5 Å². The fraction of sp³-hybridized carbons (Fsp3) is 0.0870. The van der Waals surface area contributed by atoms with Crippen molar-refractivity contribution >= 4 is 40.6 Å². The number of nitrogens with one attached hydrogen (secondary N) is 1. The Morgan fingerprint density at radius 1 is 1.09 bits per heavy atom. The Kier molecular flexibility index (Phi) is 6.09. The van der Waals surface area contributed by atoms with Gasteiger partial charge >= 0.3 is 0 Å². The van der Waals surface area contributed by atoms with Crippen molar-refractivity contribution in [3.8, 4) is 11.4 Å². The van der Waals surface area contributed by atoms with Gasteiger partial charge in [-0.05, 0) is 66.4 Å². The number of benzene rings is 2. The maximum absolute atomic E-state index is 13.7. The molecule has 9 heteroatoms. The van der Waals surface area contributed by atoms with E-state index >= 15 is 0 Å². The van der Waals surface area contributed by atoms with Crippen LogP contribution in [0.4, 0.5) is 14.9 Å². The lowest BCUT2D eigenvalue weighted by Gasteiger charge is -2.12. The third kappa shape index (κ3) is 4.42. The fourth-order valence-electron chi connectivity index (χ4n) is 3.16. The topological polar surface area (TPSA) is 80.6 Å². The van der Waals surface area contributed by atoms with Gasteiger partial charge in [-0.3, -0.25) is 19.3 Å². The number of thioether (sulfide) groups is 1. The number of carbonyl (C=O) groups is 3. The van der Waals surface area contributed by atoms with Crippen LogP contribution in [0.15, 0.2) is 71.8 Å². The summed E-state index contributed by atoms with van der Waals surface area (Å²) in [7, 11) is 1.59. The van der Waals surface area contributed by atoms with Gasteiger partial charge < -0.3 is 14.6 Å². The van der Waals surface area contributed by atoms with Gasteiger partial charge in [-0.1, -0.05) is 12.1 Å². The molecule has 0 atom stereocenters. The standard InChI is InChI=1S/C23H18FN3O4S/c1-31-17-10-8-15(9-11-17)26-12-4-5-16(26)13-20-22(29)27(23(30)32-20)14-21(28)25-19-7-3-2-6-18(19)24/h2-13H,14H2,1H3,(H,25,28). The van der Waals surface area contributed by atoms with Crippen LogP contribution in [0.25, 0.3) is 11.8 Å². The van der Waals surface area contributed by atoms with Crippen LogP contribution < -0.4 is 10.1 Å². The molecule has 3 amide bonds. The number of ether oxygens (including phenoxy) is 1. The molecule has 0 unspecified atom stereocenters. The summed E-state index contributed by atoms with van der Waals surface area (Å²) < 4.78 is 20.8. The number of hydrogen-bond acceptors (Lipinski definition) is 5. The Hall–Kier alpha value is -3.85. The number of amides is 3. The Balaban J connectivity index is 1.50. The summed E-state index contributed by atoms with van der Waals surface area (Å²) in [5.74, 6) is -1.13. The number of carbonyl (C=O) groups excluding carboxylic acids is 3. The third-order valence-corrected chi connectivity index (χ3v) is 5.64. The third-order valence-electron chi connectivity index (χ3n) is 4.73. The van der Waals surface area contributed by atoms with Crippen molar-refractivity contribution in [2.24, 2.45) is 0 Å². The average Bonchev–Trinajstić information content (AvgIpc) is 3.35. The molecule has 2 aromatic carbocycles. The van der Waals surface area contributed by atoms with Gasteiger partial charge in [0.05, 0.1) is 17.7 Å². The summed E-state index contributed by atoms with van der Waals surface area (Å²) in [5, 5.41) is 1.81. The summed E-state index contributed by atoms with van der Waals surface area (Å²) >= 11 is 0.753. The molecule has 1 N–H and O–H groups in total. The quantitative estimate of drug-likeness (QED) is 0.565. The summed E-state index contributed by atoms with van der Waals surface area (Å²) in [6.45, 7) is -0.504. The van der Waals surface area contributed by atoms with E-state index in [1.54, 1.807) is 19.3 Å². The molecular formula is C23H18FN3O4S. The number of anilines is 1. The zero-order chi connectivity index (χ0) is 22.7. The predicted molar refractivity (Wildman–Crippen MR) is 120 cm³/mol. The second kappa shape index (κ2) is 9.11. The summed E-state index contributed by atoms with van der Waals surface area (Å²) in [6, 6.07) is 16.7. The molecule has 0 aliphatic carbocycles. The molecule has 2 heterocycles. The Bertz CT molecular complexity index is 1220. The molecule has 3 aromatic rings. The van der Waals surface area contributed by atoms with Gasteiger partial charge in [0.15, 0.2) is 0 Å². The second-order valence-corrected chi connectivity index (χ2v) is 7.79. The predicted octanol–water partition coefficient (Wildman–Crippen LogP) is 4.30. The second-order valence-electron chi connectivity index (χ2n) is 6.80. The Morgan fingerprint density at radius 3 is 2.56 bits per heavy atom. The van der Waals surface area contributed by atoms with Gasteiger partial charge in [0.25, 0.3) is 11.1 Å². The lowest BCUT2D eigenvalue weighted by Crippen LogP contribution is -2.36. The SMILES string of the molecule is COc1ccc(-n2cccc2C=C2SC(=O)N(CC(=O)Nc3ccccc3F)C2=O)cc1. The van der Waals surface area contributed by atoms with Crippen molar-refractivity contribution in [3.63, 3.8) is 0 Å². The number of aromatic nitrogens is 1. The van der Waals surface area contributed by atoms with Crippen molar-refractivity contribution in [3.05, 3.63) is 83.3 Å². The van der Waals surface area contributed by atoms with Gasteiger partial charge in [-0.25, -0.2) is 4.39 Å². The highest BCUT2D eigenvalue weighted by Crippen LogP contribution is 2.32. The smallest absolute Gasteiger partial charge is 0.294 e. The van der Waals surface area contributed by atoms with Crippen LogP contribution >= 0.6 is 11.8 Å². The fourth-order valence-corrected chi connectivity index (χ4v) is 3.98. The van der Waals surface area contributed by atoms with Crippen LogP contribution in [-0.2, 0) is 9.59 Å². The minimum atomic E-state index is -0.666. The van der Waals surface area contributed by atoms with Crippen LogP contribution in [0.3, 0.4) is 0 Å². The minimum Gasteiger partial charge on any atom is -0.497 e. The molecule has 1 fully saturated rings. The summed E-state index contributed by atoms with van der Waals surface area (Å²) in [5.41, 5.74) is 1.53. The number of halogens is 1. The summed E-state index contributed by atoms with van der Waals surface area (Å²) in [6.07, 6.45) is 3.43. The molecule has 7 nitrogen and oxygen atoms in total. The monoisotopic (exact) mass is 451 g/mol. The first-order valence-electron chi connectivity index (χ1n) is 9.58. The number of rotatable bonds is 6. The summed E-state index contributed by atoms with van der Waals surface area (Å²) in [4.78, 5) is 38.4. The highest BCUT2D eigenvalue weighted by atomic mass is 32.2. The first-order valence-corrected chi connectivity index (χ1v) is 10.4. The number of methoxy groups -OCH3 is 1. The average molecular weight is 451 g/mol. The van der Waals surface area contributed by atoms with Crippen molar-refractivity contribution in [1.82, 2.24) is 9.47 Å². The molecule has 0 saturated carbocycles. The van der Waals surface area contributed by atoms with Gasteiger partial charge in [0, 0.05) is 17.6 Å². The van der Waals surface area contributed by atoms with Crippen LogP contribution in [0, 0.1) is 5.82 Å². The van der Waals surface area contributed by atoms with E-state index in [9.17, 15) is 18.8 Å². The van der Waals surface area contributed by atoms with Gasteiger partial charge in [-0.2, -0.15) is 0 Å². The molecule has 0 radical (unpaired) electrons. The first kappa shape index (κ1) is 21.4. The van der Waals surface area contributed by atoms with Gasteiger partial charge in [0.1, 0.15) is 18.1 Å². The minimum absolute atomic E-state index is 0.0164. The van der Waals surface area contributed by atoms with Gasteiger partial charge in [-0.15, -0.1) is 0 Å². The number of imide groups is 1. The zero-order valence-corrected chi connectivity index (χ0v) is 17.8. The Morgan fingerprint density at radius 2 is 1.84 bits per heavy atom. The normalized spacial score (nSPS) is 14.8. The molecule has 0 bridgehead atoms. The van der Waals surface area contributed by atoms with E-state index in [0.717, 1.165) is 28.1 Å². The van der Waals surface area contributed by atoms with Crippen LogP contribution in [0.2, 0.25) is 0 Å². The molecule has 162 valence electrons. The lowest BCUT2D eigenvalue weighted by atomic mass is 10.2.